The molecule has 1 unspecified atom stereocenters. The van der Waals surface area contributed by atoms with Gasteiger partial charge in [0.05, 0.1) is 0 Å². The number of hydrogen-bond acceptors (Lipinski definition) is 0. The van der Waals surface area contributed by atoms with Gasteiger partial charge in [0.25, 0.3) is 0 Å². The van der Waals surface area contributed by atoms with Gasteiger partial charge < -0.3 is 0 Å². The first-order chi connectivity index (χ1) is 12.5. The lowest BCUT2D eigenvalue weighted by molar-refractivity contribution is 0.734. The molecule has 26 heavy (non-hydrogen) atoms. The van der Waals surface area contributed by atoms with E-state index in [1.807, 2.05) is 0 Å². The van der Waals surface area contributed by atoms with Crippen molar-refractivity contribution in [2.45, 2.75) is 71.9 Å². The highest BCUT2D eigenvalue weighted by Gasteiger charge is 2.45. The molecule has 136 valence electrons. The van der Waals surface area contributed by atoms with Crippen molar-refractivity contribution in [3.8, 4) is 11.1 Å². The maximum Gasteiger partial charge on any atom is 0.113 e. The van der Waals surface area contributed by atoms with Crippen LogP contribution < -0.4 is 5.19 Å². The van der Waals surface area contributed by atoms with Gasteiger partial charge in [-0.3, -0.25) is 0 Å². The monoisotopic (exact) mass is 360 g/mol. The van der Waals surface area contributed by atoms with Crippen molar-refractivity contribution in [2.24, 2.45) is 0 Å². The second-order valence-electron chi connectivity index (χ2n) is 8.84. The van der Waals surface area contributed by atoms with Crippen LogP contribution in [0.25, 0.3) is 16.3 Å². The fourth-order valence-electron chi connectivity index (χ4n) is 5.10. The molecule has 0 saturated heterocycles. The smallest absolute Gasteiger partial charge is 0.0655 e. The van der Waals surface area contributed by atoms with Crippen molar-refractivity contribution < 1.29 is 0 Å². The maximum atomic E-state index is 2.57. The second-order valence-corrected chi connectivity index (χ2v) is 13.1. The van der Waals surface area contributed by atoms with Gasteiger partial charge in [-0.25, -0.2) is 0 Å². The molecule has 0 spiro atoms. The van der Waals surface area contributed by atoms with E-state index < -0.39 is 8.07 Å². The molecule has 2 aromatic rings. The molecule has 2 aromatic carbocycles. The second kappa shape index (κ2) is 6.53. The Kier molecular flexibility index (Phi) is 4.47. The van der Waals surface area contributed by atoms with E-state index in [0.29, 0.717) is 5.92 Å². The van der Waals surface area contributed by atoms with Gasteiger partial charge in [-0.1, -0.05) is 82.3 Å². The summed E-state index contributed by atoms with van der Waals surface area (Å²) in [5, 5.41) is 3.46. The molecule has 0 radical (unpaired) electrons. The minimum absolute atomic E-state index is 0.650. The number of hydrogen-bond donors (Lipinski definition) is 0. The first kappa shape index (κ1) is 17.8. The summed E-state index contributed by atoms with van der Waals surface area (Å²) in [4.78, 5) is 0. The summed E-state index contributed by atoms with van der Waals surface area (Å²) < 4.78 is 0. The van der Waals surface area contributed by atoms with Crippen LogP contribution in [-0.4, -0.2) is 8.07 Å². The third kappa shape index (κ3) is 2.55. The molecule has 0 N–H and O–H groups in total. The van der Waals surface area contributed by atoms with Gasteiger partial charge >= 0.3 is 0 Å². The highest BCUT2D eigenvalue weighted by atomic mass is 28.3. The average molecular weight is 361 g/mol. The Morgan fingerprint density at radius 1 is 0.962 bits per heavy atom. The Bertz CT molecular complexity index is 868. The van der Waals surface area contributed by atoms with Gasteiger partial charge in [-0.2, -0.15) is 0 Å². The summed E-state index contributed by atoms with van der Waals surface area (Å²) in [5.74, 6) is 0.650. The van der Waals surface area contributed by atoms with Crippen LogP contribution >= 0.6 is 0 Å². The molecule has 0 aromatic heterocycles. The van der Waals surface area contributed by atoms with Gasteiger partial charge in [-0.05, 0) is 69.8 Å². The number of rotatable bonds is 6. The Morgan fingerprint density at radius 2 is 1.69 bits per heavy atom. The number of fused-ring (bicyclic) bond motifs is 1. The SMILES string of the molecule is CCCCC1=C2c3c(ccc(c3-c3ccc(C(C)CC)cc3)[Si]2(C)C)C1. The molecule has 1 aliphatic carbocycles. The van der Waals surface area contributed by atoms with Crippen LogP contribution in [0.5, 0.6) is 0 Å². The van der Waals surface area contributed by atoms with Crippen LogP contribution in [-0.2, 0) is 6.42 Å². The molecule has 1 aliphatic heterocycles. The van der Waals surface area contributed by atoms with Crippen LogP contribution in [0.1, 0.15) is 69.1 Å². The van der Waals surface area contributed by atoms with Crippen LogP contribution in [0.4, 0.5) is 0 Å². The summed E-state index contributed by atoms with van der Waals surface area (Å²) >= 11 is 0. The van der Waals surface area contributed by atoms with Crippen LogP contribution in [0.15, 0.2) is 42.0 Å². The molecule has 0 amide bonds. The van der Waals surface area contributed by atoms with E-state index in [4.69, 9.17) is 0 Å². The van der Waals surface area contributed by atoms with E-state index in [1.54, 1.807) is 32.6 Å². The molecule has 1 heteroatoms. The number of unbranched alkanes of at least 4 members (excludes halogenated alkanes) is 1. The van der Waals surface area contributed by atoms with Gasteiger partial charge in [0, 0.05) is 0 Å². The van der Waals surface area contributed by atoms with Gasteiger partial charge in [0.2, 0.25) is 0 Å². The molecule has 1 heterocycles. The van der Waals surface area contributed by atoms with Crippen LogP contribution in [0.2, 0.25) is 13.1 Å². The Hall–Kier alpha value is -1.60. The summed E-state index contributed by atoms with van der Waals surface area (Å²) in [6, 6.07) is 14.4. The fraction of sp³-hybridized carbons (Fsp3) is 0.440. The topological polar surface area (TPSA) is 0 Å². The van der Waals surface area contributed by atoms with Crippen molar-refractivity contribution in [1.29, 1.82) is 0 Å². The van der Waals surface area contributed by atoms with E-state index >= 15 is 0 Å². The van der Waals surface area contributed by atoms with Crippen molar-refractivity contribution in [1.82, 2.24) is 0 Å². The lowest BCUT2D eigenvalue weighted by Crippen LogP contribution is -2.39. The molecule has 0 saturated carbocycles. The van der Waals surface area contributed by atoms with Gasteiger partial charge in [0.15, 0.2) is 0 Å². The van der Waals surface area contributed by atoms with Crippen molar-refractivity contribution in [2.75, 3.05) is 0 Å². The largest absolute Gasteiger partial charge is 0.113 e. The van der Waals surface area contributed by atoms with Crippen molar-refractivity contribution >= 4 is 18.5 Å². The number of benzene rings is 2. The molecule has 0 fully saturated rings. The molecule has 2 aliphatic rings. The molecule has 0 nitrogen and oxygen atoms in total. The van der Waals surface area contributed by atoms with Gasteiger partial charge in [0.1, 0.15) is 8.07 Å². The summed E-state index contributed by atoms with van der Waals surface area (Å²) in [6.45, 7) is 12.1. The van der Waals surface area contributed by atoms with Crippen LogP contribution in [0.3, 0.4) is 0 Å². The van der Waals surface area contributed by atoms with E-state index in [0.717, 1.165) is 0 Å². The average Bonchev–Trinajstić information content (AvgIpc) is 3.10. The Morgan fingerprint density at radius 3 is 2.35 bits per heavy atom. The zero-order valence-electron chi connectivity index (χ0n) is 17.1. The molecular formula is C25H32Si. The predicted molar refractivity (Wildman–Crippen MR) is 118 cm³/mol. The third-order valence-electron chi connectivity index (χ3n) is 6.81. The van der Waals surface area contributed by atoms with Crippen molar-refractivity contribution in [3.05, 3.63) is 58.7 Å². The van der Waals surface area contributed by atoms with E-state index in [-0.39, 0.29) is 0 Å². The minimum Gasteiger partial charge on any atom is -0.0655 e. The maximum absolute atomic E-state index is 2.57. The minimum atomic E-state index is -1.54. The van der Waals surface area contributed by atoms with E-state index in [2.05, 4.69) is 70.3 Å². The highest BCUT2D eigenvalue weighted by Crippen LogP contribution is 2.50. The predicted octanol–water partition coefficient (Wildman–Crippen LogP) is 6.84. The zero-order chi connectivity index (χ0) is 18.5. The Balaban J connectivity index is 1.83. The van der Waals surface area contributed by atoms with E-state index in [9.17, 15) is 0 Å². The molecule has 1 atom stereocenters. The lowest BCUT2D eigenvalue weighted by atomic mass is 9.93. The first-order valence-corrected chi connectivity index (χ1v) is 13.5. The normalized spacial score (nSPS) is 17.9. The molecule has 4 rings (SSSR count). The summed E-state index contributed by atoms with van der Waals surface area (Å²) in [7, 11) is -1.54. The van der Waals surface area contributed by atoms with E-state index in [1.165, 1.54) is 43.2 Å². The Labute approximate surface area is 160 Å². The summed E-state index contributed by atoms with van der Waals surface area (Å²) in [5.41, 5.74) is 9.49. The standard InChI is InChI=1S/C25H32Si/c1-6-8-9-21-16-20-14-15-22-23(24(20)25(21)26(22,4)5)19-12-10-18(11-13-19)17(3)7-2/h10-15,17H,6-9,16H2,1-5H3. The quantitative estimate of drug-likeness (QED) is 0.495. The third-order valence-corrected chi connectivity index (χ3v) is 10.4. The van der Waals surface area contributed by atoms with Gasteiger partial charge in [-0.15, -0.1) is 0 Å². The first-order valence-electron chi connectivity index (χ1n) is 10.5. The summed E-state index contributed by atoms with van der Waals surface area (Å²) in [6.07, 6.45) is 6.35. The molecule has 2 bridgehead atoms. The number of allylic oxidation sites excluding steroid dienone is 1. The highest BCUT2D eigenvalue weighted by molar-refractivity contribution is 7.07. The lowest BCUT2D eigenvalue weighted by Gasteiger charge is -2.22. The zero-order valence-corrected chi connectivity index (χ0v) is 18.1. The van der Waals surface area contributed by atoms with Crippen LogP contribution in [0, 0.1) is 0 Å². The van der Waals surface area contributed by atoms with Crippen molar-refractivity contribution in [3.63, 3.8) is 0 Å². The molecular weight excluding hydrogens is 328 g/mol. The fourth-order valence-corrected chi connectivity index (χ4v) is 8.77.